The molecule has 5 heteroatoms. The van der Waals surface area contributed by atoms with Gasteiger partial charge < -0.3 is 19.3 Å². The van der Waals surface area contributed by atoms with E-state index in [0.29, 0.717) is 0 Å². The average molecular weight is 222 g/mol. The van der Waals surface area contributed by atoms with E-state index < -0.39 is 8.60 Å². The van der Waals surface area contributed by atoms with Gasteiger partial charge in [0, 0.05) is 0 Å². The second-order valence-electron chi connectivity index (χ2n) is 4.63. The molecule has 1 fully saturated rings. The fourth-order valence-corrected chi connectivity index (χ4v) is 2.56. The first-order valence-corrected chi connectivity index (χ1v) is 6.02. The molecule has 1 heterocycles. The van der Waals surface area contributed by atoms with Crippen LogP contribution in [-0.2, 0) is 13.6 Å². The molecule has 1 aliphatic rings. The van der Waals surface area contributed by atoms with Crippen LogP contribution in [0.3, 0.4) is 0 Å². The molecule has 1 atom stereocenters. The summed E-state index contributed by atoms with van der Waals surface area (Å²) in [5, 5.41) is 0. The van der Waals surface area contributed by atoms with Crippen molar-refractivity contribution in [2.45, 2.75) is 51.9 Å². The van der Waals surface area contributed by atoms with Gasteiger partial charge in [-0.05, 0) is 34.6 Å². The van der Waals surface area contributed by atoms with Crippen LogP contribution in [0.2, 0.25) is 0 Å². The van der Waals surface area contributed by atoms with Crippen LogP contribution in [0, 0.1) is 0 Å². The molecule has 0 aliphatic carbocycles. The first kappa shape index (κ1) is 12.3. The van der Waals surface area contributed by atoms with Crippen molar-refractivity contribution in [2.75, 3.05) is 6.54 Å². The minimum atomic E-state index is -1.21. The number of quaternary nitrogens is 1. The Labute approximate surface area is 87.1 Å². The molecule has 0 saturated carbocycles. The Morgan fingerprint density at radius 1 is 1.21 bits per heavy atom. The van der Waals surface area contributed by atoms with Gasteiger partial charge in [-0.3, -0.25) is 0 Å². The van der Waals surface area contributed by atoms with E-state index >= 15 is 0 Å². The standard InChI is InChI=1S/C9H20NO3P/c1-7(6-10)11-14-12-8(2,3)9(4,5)13-14/h7H,6,10H2,1-5H3/p+1. The van der Waals surface area contributed by atoms with Crippen molar-refractivity contribution in [3.63, 3.8) is 0 Å². The van der Waals surface area contributed by atoms with Crippen molar-refractivity contribution in [3.8, 4) is 0 Å². The normalized spacial score (nSPS) is 27.9. The van der Waals surface area contributed by atoms with Crippen molar-refractivity contribution in [1.29, 1.82) is 0 Å². The largest absolute Gasteiger partial charge is 0.355 e. The molecular formula is C9H21NO3P+. The summed E-state index contributed by atoms with van der Waals surface area (Å²) in [4.78, 5) is 0. The lowest BCUT2D eigenvalue weighted by molar-refractivity contribution is -0.380. The molecule has 14 heavy (non-hydrogen) atoms. The first-order chi connectivity index (χ1) is 6.28. The molecule has 0 aromatic rings. The van der Waals surface area contributed by atoms with Crippen LogP contribution in [0.4, 0.5) is 0 Å². The predicted octanol–water partition coefficient (Wildman–Crippen LogP) is 1.46. The van der Waals surface area contributed by atoms with E-state index in [2.05, 4.69) is 5.73 Å². The molecule has 1 saturated heterocycles. The minimum absolute atomic E-state index is 0.0887. The topological polar surface area (TPSA) is 55.3 Å². The monoisotopic (exact) mass is 222 g/mol. The summed E-state index contributed by atoms with van der Waals surface area (Å²) in [5.41, 5.74) is 3.19. The SMILES string of the molecule is CC(C[NH3+])OP1OC(C)(C)C(C)(C)O1. The van der Waals surface area contributed by atoms with E-state index in [9.17, 15) is 0 Å². The van der Waals surface area contributed by atoms with Crippen LogP contribution < -0.4 is 5.73 Å². The summed E-state index contributed by atoms with van der Waals surface area (Å²) in [6, 6.07) is 0. The summed E-state index contributed by atoms with van der Waals surface area (Å²) in [6.45, 7) is 10.8. The fraction of sp³-hybridized carbons (Fsp3) is 1.00. The molecule has 0 amide bonds. The predicted molar refractivity (Wildman–Crippen MR) is 55.6 cm³/mol. The van der Waals surface area contributed by atoms with Crippen molar-refractivity contribution in [2.24, 2.45) is 0 Å². The zero-order valence-electron chi connectivity index (χ0n) is 9.66. The van der Waals surface area contributed by atoms with E-state index in [1.54, 1.807) is 0 Å². The Morgan fingerprint density at radius 3 is 2.00 bits per heavy atom. The maximum atomic E-state index is 5.73. The lowest BCUT2D eigenvalue weighted by Gasteiger charge is -2.29. The maximum Gasteiger partial charge on any atom is 0.334 e. The van der Waals surface area contributed by atoms with Gasteiger partial charge >= 0.3 is 8.60 Å². The van der Waals surface area contributed by atoms with Crippen LogP contribution in [0.25, 0.3) is 0 Å². The van der Waals surface area contributed by atoms with Crippen molar-refractivity contribution < 1.29 is 19.3 Å². The number of rotatable bonds is 3. The van der Waals surface area contributed by atoms with Gasteiger partial charge in [0.15, 0.2) is 0 Å². The highest BCUT2D eigenvalue weighted by atomic mass is 31.2. The first-order valence-electron chi connectivity index (χ1n) is 4.93. The molecular weight excluding hydrogens is 201 g/mol. The van der Waals surface area contributed by atoms with Crippen LogP contribution >= 0.6 is 8.60 Å². The lowest BCUT2D eigenvalue weighted by atomic mass is 9.90. The molecule has 0 spiro atoms. The Balaban J connectivity index is 2.55. The molecule has 84 valence electrons. The smallest absolute Gasteiger partial charge is 0.334 e. The molecule has 4 nitrogen and oxygen atoms in total. The summed E-state index contributed by atoms with van der Waals surface area (Å²) in [7, 11) is -1.21. The third-order valence-electron chi connectivity index (χ3n) is 2.73. The molecule has 0 aromatic heterocycles. The zero-order valence-corrected chi connectivity index (χ0v) is 10.6. The van der Waals surface area contributed by atoms with E-state index in [1.807, 2.05) is 34.6 Å². The van der Waals surface area contributed by atoms with Gasteiger partial charge in [0.25, 0.3) is 0 Å². The lowest BCUT2D eigenvalue weighted by Crippen LogP contribution is -2.55. The summed E-state index contributed by atoms with van der Waals surface area (Å²) in [6.07, 6.45) is 0.0887. The van der Waals surface area contributed by atoms with Crippen molar-refractivity contribution >= 4 is 8.60 Å². The van der Waals surface area contributed by atoms with Crippen molar-refractivity contribution in [1.82, 2.24) is 0 Å². The fourth-order valence-electron chi connectivity index (χ4n) is 0.854. The second-order valence-corrected chi connectivity index (χ2v) is 5.65. The number of hydrogen-bond donors (Lipinski definition) is 1. The third kappa shape index (κ3) is 2.44. The molecule has 0 aromatic carbocycles. The van der Waals surface area contributed by atoms with Crippen LogP contribution in [-0.4, -0.2) is 23.9 Å². The van der Waals surface area contributed by atoms with Crippen LogP contribution in [0.5, 0.6) is 0 Å². The summed E-state index contributed by atoms with van der Waals surface area (Å²) < 4.78 is 17.0. The second kappa shape index (κ2) is 4.03. The van der Waals surface area contributed by atoms with Gasteiger partial charge in [-0.25, -0.2) is 0 Å². The Kier molecular flexibility index (Phi) is 3.55. The van der Waals surface area contributed by atoms with Gasteiger partial charge in [0.05, 0.1) is 0 Å². The minimum Gasteiger partial charge on any atom is -0.355 e. The molecule has 0 radical (unpaired) electrons. The molecule has 0 bridgehead atoms. The molecule has 1 aliphatic heterocycles. The summed E-state index contributed by atoms with van der Waals surface area (Å²) >= 11 is 0. The quantitative estimate of drug-likeness (QED) is 0.735. The third-order valence-corrected chi connectivity index (χ3v) is 4.47. The molecule has 1 rings (SSSR count). The van der Waals surface area contributed by atoms with E-state index in [1.165, 1.54) is 0 Å². The maximum absolute atomic E-state index is 5.73. The average Bonchev–Trinajstić information content (AvgIpc) is 2.20. The summed E-state index contributed by atoms with van der Waals surface area (Å²) in [5.74, 6) is 0. The van der Waals surface area contributed by atoms with Gasteiger partial charge in [0.2, 0.25) is 0 Å². The highest BCUT2D eigenvalue weighted by Crippen LogP contribution is 2.58. The molecule has 1 unspecified atom stereocenters. The van der Waals surface area contributed by atoms with Gasteiger partial charge in [-0.2, -0.15) is 0 Å². The van der Waals surface area contributed by atoms with E-state index in [4.69, 9.17) is 13.6 Å². The molecule has 3 N–H and O–H groups in total. The van der Waals surface area contributed by atoms with Gasteiger partial charge in [-0.1, -0.05) is 0 Å². The van der Waals surface area contributed by atoms with E-state index in [0.717, 1.165) is 6.54 Å². The highest BCUT2D eigenvalue weighted by molar-refractivity contribution is 7.42. The Bertz CT molecular complexity index is 192. The van der Waals surface area contributed by atoms with Gasteiger partial charge in [0.1, 0.15) is 23.9 Å². The van der Waals surface area contributed by atoms with Gasteiger partial charge in [-0.15, -0.1) is 0 Å². The van der Waals surface area contributed by atoms with Crippen LogP contribution in [0.1, 0.15) is 34.6 Å². The van der Waals surface area contributed by atoms with Crippen molar-refractivity contribution in [3.05, 3.63) is 0 Å². The van der Waals surface area contributed by atoms with E-state index in [-0.39, 0.29) is 17.3 Å². The highest BCUT2D eigenvalue weighted by Gasteiger charge is 2.51. The zero-order chi connectivity index (χ0) is 11.0. The number of hydrogen-bond acceptors (Lipinski definition) is 3. The van der Waals surface area contributed by atoms with Crippen LogP contribution in [0.15, 0.2) is 0 Å². The Hall–Kier alpha value is 0.270. The Morgan fingerprint density at radius 2 is 1.64 bits per heavy atom.